The van der Waals surface area contributed by atoms with Gasteiger partial charge in [0.25, 0.3) is 10.0 Å². The minimum Gasteiger partial charge on any atom is -0.354 e. The maximum Gasteiger partial charge on any atom is 0.280 e. The number of pyridine rings is 2. The van der Waals surface area contributed by atoms with Crippen molar-refractivity contribution in [3.8, 4) is 11.3 Å². The molecule has 0 atom stereocenters. The first kappa shape index (κ1) is 23.0. The third-order valence-corrected chi connectivity index (χ3v) is 7.85. The molecule has 0 amide bonds. The predicted molar refractivity (Wildman–Crippen MR) is 131 cm³/mol. The summed E-state index contributed by atoms with van der Waals surface area (Å²) in [6.07, 6.45) is 2.55. The van der Waals surface area contributed by atoms with E-state index in [4.69, 9.17) is 11.6 Å². The number of halogens is 2. The molecule has 1 aliphatic heterocycles. The Hall–Kier alpha value is -2.75. The van der Waals surface area contributed by atoms with Crippen LogP contribution in [0.25, 0.3) is 11.3 Å². The molecule has 3 heterocycles. The first-order chi connectivity index (χ1) is 16.3. The van der Waals surface area contributed by atoms with Crippen molar-refractivity contribution in [2.45, 2.75) is 30.8 Å². The smallest absolute Gasteiger partial charge is 0.280 e. The van der Waals surface area contributed by atoms with E-state index in [9.17, 15) is 12.8 Å². The second kappa shape index (κ2) is 9.13. The zero-order valence-electron chi connectivity index (χ0n) is 18.7. The number of hydrogen-bond acceptors (Lipinski definition) is 6. The molecule has 0 bridgehead atoms. The van der Waals surface area contributed by atoms with E-state index in [0.29, 0.717) is 27.7 Å². The van der Waals surface area contributed by atoms with Gasteiger partial charge in [-0.15, -0.1) is 0 Å². The van der Waals surface area contributed by atoms with Crippen LogP contribution in [0.5, 0.6) is 0 Å². The van der Waals surface area contributed by atoms with E-state index >= 15 is 0 Å². The summed E-state index contributed by atoms with van der Waals surface area (Å²) < 4.78 is 42.7. The fraction of sp³-hybridized carbons (Fsp3) is 0.333. The van der Waals surface area contributed by atoms with Gasteiger partial charge < -0.3 is 4.90 Å². The highest BCUT2D eigenvalue weighted by Gasteiger charge is 2.31. The first-order valence-electron chi connectivity index (χ1n) is 11.2. The lowest BCUT2D eigenvalue weighted by molar-refractivity contribution is 0.247. The van der Waals surface area contributed by atoms with Gasteiger partial charge in [-0.05, 0) is 55.7 Å². The van der Waals surface area contributed by atoms with Crippen LogP contribution in [-0.2, 0) is 10.0 Å². The lowest BCUT2D eigenvalue weighted by Crippen LogP contribution is -2.47. The molecule has 7 nitrogen and oxygen atoms in total. The largest absolute Gasteiger partial charge is 0.354 e. The fourth-order valence-corrected chi connectivity index (χ4v) is 5.40. The molecule has 5 rings (SSSR count). The Labute approximate surface area is 203 Å². The van der Waals surface area contributed by atoms with Crippen LogP contribution in [0.1, 0.15) is 18.4 Å². The van der Waals surface area contributed by atoms with E-state index in [1.807, 2.05) is 6.07 Å². The SMILES string of the molecule is Cc1c(F)cccc1-c1nc(NS(=O)(=O)c2cccc(N3CCN(C4CC4)CC3)n2)ccc1Cl. The minimum absolute atomic E-state index is 0.0771. The maximum absolute atomic E-state index is 14.0. The van der Waals surface area contributed by atoms with Crippen molar-refractivity contribution in [2.75, 3.05) is 35.8 Å². The summed E-state index contributed by atoms with van der Waals surface area (Å²) in [7, 11) is -4.00. The summed E-state index contributed by atoms with van der Waals surface area (Å²) >= 11 is 6.30. The predicted octanol–water partition coefficient (Wildman–Crippen LogP) is 4.33. The molecule has 178 valence electrons. The number of sulfonamides is 1. The molecule has 2 fully saturated rings. The van der Waals surface area contributed by atoms with Gasteiger partial charge in [-0.2, -0.15) is 8.42 Å². The standard InChI is InChI=1S/C24H25ClFN5O2S/c1-16-18(4-2-5-20(16)26)24-19(25)10-11-21(27-24)29-34(32,33)23-7-3-6-22(28-23)31-14-12-30(13-15-31)17-8-9-17/h2-7,10-11,17H,8-9,12-15H2,1H3,(H,27,29). The number of aromatic nitrogens is 2. The Morgan fingerprint density at radius 3 is 2.47 bits per heavy atom. The van der Waals surface area contributed by atoms with Crippen LogP contribution in [0.3, 0.4) is 0 Å². The van der Waals surface area contributed by atoms with E-state index in [-0.39, 0.29) is 16.7 Å². The molecular formula is C24H25ClFN5O2S. The zero-order valence-corrected chi connectivity index (χ0v) is 20.3. The topological polar surface area (TPSA) is 78.4 Å². The van der Waals surface area contributed by atoms with Crippen LogP contribution in [0.15, 0.2) is 53.6 Å². The molecule has 34 heavy (non-hydrogen) atoms. The average Bonchev–Trinajstić information content (AvgIpc) is 3.68. The molecule has 3 aromatic rings. The third-order valence-electron chi connectivity index (χ3n) is 6.29. The molecule has 1 saturated heterocycles. The van der Waals surface area contributed by atoms with Crippen LogP contribution < -0.4 is 9.62 Å². The van der Waals surface area contributed by atoms with E-state index in [1.165, 1.54) is 37.1 Å². The third kappa shape index (κ3) is 4.73. The molecule has 1 aromatic carbocycles. The number of hydrogen-bond donors (Lipinski definition) is 1. The van der Waals surface area contributed by atoms with Crippen LogP contribution in [0.4, 0.5) is 16.0 Å². The van der Waals surface area contributed by atoms with E-state index in [0.717, 1.165) is 32.2 Å². The zero-order chi connectivity index (χ0) is 23.9. The highest BCUT2D eigenvalue weighted by atomic mass is 35.5. The molecule has 1 N–H and O–H groups in total. The summed E-state index contributed by atoms with van der Waals surface area (Å²) in [4.78, 5) is 13.4. The number of anilines is 2. The molecule has 0 spiro atoms. The van der Waals surface area contributed by atoms with E-state index in [1.54, 1.807) is 25.1 Å². The summed E-state index contributed by atoms with van der Waals surface area (Å²) in [5, 5.41) is 0.206. The second-order valence-corrected chi connectivity index (χ2v) is 10.7. The van der Waals surface area contributed by atoms with Gasteiger partial charge in [0.15, 0.2) is 5.03 Å². The molecule has 0 radical (unpaired) electrons. The summed E-state index contributed by atoms with van der Waals surface area (Å²) in [6.45, 7) is 5.17. The molecular weight excluding hydrogens is 477 g/mol. The van der Waals surface area contributed by atoms with Gasteiger partial charge >= 0.3 is 0 Å². The number of nitrogens with one attached hydrogen (secondary N) is 1. The van der Waals surface area contributed by atoms with Crippen molar-refractivity contribution >= 4 is 33.3 Å². The van der Waals surface area contributed by atoms with Crippen molar-refractivity contribution < 1.29 is 12.8 Å². The van der Waals surface area contributed by atoms with Crippen LogP contribution in [-0.4, -0.2) is 55.5 Å². The molecule has 10 heteroatoms. The van der Waals surface area contributed by atoms with Crippen molar-refractivity contribution in [1.29, 1.82) is 0 Å². The van der Waals surface area contributed by atoms with Crippen LogP contribution in [0, 0.1) is 12.7 Å². The monoisotopic (exact) mass is 501 g/mol. The number of piperazine rings is 1. The van der Waals surface area contributed by atoms with Gasteiger partial charge in [-0.1, -0.05) is 29.8 Å². The van der Waals surface area contributed by atoms with Gasteiger partial charge in [-0.3, -0.25) is 9.62 Å². The minimum atomic E-state index is -4.00. The molecule has 1 aliphatic carbocycles. The Morgan fingerprint density at radius 2 is 1.74 bits per heavy atom. The summed E-state index contributed by atoms with van der Waals surface area (Å²) in [5.41, 5.74) is 1.18. The highest BCUT2D eigenvalue weighted by molar-refractivity contribution is 7.92. The lowest BCUT2D eigenvalue weighted by Gasteiger charge is -2.35. The maximum atomic E-state index is 14.0. The summed E-state index contributed by atoms with van der Waals surface area (Å²) in [5.74, 6) is 0.326. The van der Waals surface area contributed by atoms with Gasteiger partial charge in [0.05, 0.1) is 10.7 Å². The molecule has 1 saturated carbocycles. The van der Waals surface area contributed by atoms with E-state index in [2.05, 4.69) is 24.5 Å². The van der Waals surface area contributed by atoms with Crippen molar-refractivity contribution in [3.63, 3.8) is 0 Å². The second-order valence-electron chi connectivity index (χ2n) is 8.63. The lowest BCUT2D eigenvalue weighted by atomic mass is 10.0. The summed E-state index contributed by atoms with van der Waals surface area (Å²) in [6, 6.07) is 13.3. The van der Waals surface area contributed by atoms with E-state index < -0.39 is 10.0 Å². The van der Waals surface area contributed by atoms with Gasteiger partial charge in [0.1, 0.15) is 17.5 Å². The Balaban J connectivity index is 1.37. The number of rotatable bonds is 6. The average molecular weight is 502 g/mol. The van der Waals surface area contributed by atoms with Crippen molar-refractivity contribution in [1.82, 2.24) is 14.9 Å². The van der Waals surface area contributed by atoms with Gasteiger partial charge in [0.2, 0.25) is 0 Å². The molecule has 2 aromatic heterocycles. The number of nitrogens with zero attached hydrogens (tertiary/aromatic N) is 4. The van der Waals surface area contributed by atoms with Gasteiger partial charge in [-0.25, -0.2) is 14.4 Å². The van der Waals surface area contributed by atoms with Gasteiger partial charge in [0, 0.05) is 37.8 Å². The van der Waals surface area contributed by atoms with Crippen LogP contribution >= 0.6 is 11.6 Å². The normalized spacial score (nSPS) is 17.1. The molecule has 0 unspecified atom stereocenters. The molecule has 2 aliphatic rings. The van der Waals surface area contributed by atoms with Crippen molar-refractivity contribution in [2.24, 2.45) is 0 Å². The highest BCUT2D eigenvalue weighted by Crippen LogP contribution is 2.32. The Bertz CT molecular complexity index is 1320. The Morgan fingerprint density at radius 1 is 1.00 bits per heavy atom. The Kier molecular flexibility index (Phi) is 6.18. The fourth-order valence-electron chi connectivity index (χ4n) is 4.23. The quantitative estimate of drug-likeness (QED) is 0.541. The van der Waals surface area contributed by atoms with Crippen LogP contribution in [0.2, 0.25) is 5.02 Å². The van der Waals surface area contributed by atoms with Crippen molar-refractivity contribution in [3.05, 3.63) is 64.9 Å². The number of benzene rings is 1. The first-order valence-corrected chi connectivity index (χ1v) is 13.1.